The van der Waals surface area contributed by atoms with Gasteiger partial charge in [-0.3, -0.25) is 8.98 Å². The fourth-order valence-corrected chi connectivity index (χ4v) is 0.699. The molecule has 0 spiro atoms. The fraction of sp³-hybridized carbons (Fsp3) is 0.667. The summed E-state index contributed by atoms with van der Waals surface area (Å²) in [7, 11) is -2.72. The van der Waals surface area contributed by atoms with Crippen molar-refractivity contribution in [2.75, 3.05) is 12.9 Å². The van der Waals surface area contributed by atoms with Crippen molar-refractivity contribution in [2.45, 2.75) is 0 Å². The molecule has 0 aliphatic heterocycles. The lowest BCUT2D eigenvalue weighted by atomic mass is 10.8. The lowest BCUT2D eigenvalue weighted by Crippen LogP contribution is -2.23. The minimum Gasteiger partial charge on any atom is -0.369 e. The molecule has 0 aliphatic rings. The minimum atomic E-state index is -3.69. The minimum absolute atomic E-state index is 0.760. The first-order valence-corrected chi connectivity index (χ1v) is 3.62. The monoisotopic (exact) mass is 153 g/mol. The Morgan fingerprint density at radius 1 is 1.67 bits per heavy atom. The molecule has 0 unspecified atom stereocenters. The van der Waals surface area contributed by atoms with Crippen molar-refractivity contribution in [3.8, 4) is 0 Å². The van der Waals surface area contributed by atoms with E-state index in [0.29, 0.717) is 0 Å². The van der Waals surface area contributed by atoms with Crippen LogP contribution in [-0.4, -0.2) is 27.2 Å². The number of hydrogen-bond donors (Lipinski definition) is 1. The third-order valence-corrected chi connectivity index (χ3v) is 1.72. The highest BCUT2D eigenvalue weighted by Gasteiger charge is 2.11. The van der Waals surface area contributed by atoms with Gasteiger partial charge in [-0.1, -0.05) is 0 Å². The second kappa shape index (κ2) is 2.79. The molecule has 1 amide bonds. The second-order valence-corrected chi connectivity index (χ2v) is 3.07. The molecule has 0 atom stereocenters. The van der Waals surface area contributed by atoms with E-state index in [0.717, 1.165) is 7.11 Å². The summed E-state index contributed by atoms with van der Waals surface area (Å²) >= 11 is 0. The van der Waals surface area contributed by atoms with Crippen LogP contribution in [-0.2, 0) is 19.1 Å². The predicted molar refractivity (Wildman–Crippen MR) is 30.0 cm³/mol. The second-order valence-electron chi connectivity index (χ2n) is 1.33. The standard InChI is InChI=1S/C3H7NO4S/c1-8-9(6,7)2-3(4)5/h2H2,1H3,(H2,4,5). The van der Waals surface area contributed by atoms with E-state index in [4.69, 9.17) is 0 Å². The number of carbonyl (C=O) groups is 1. The summed E-state index contributed by atoms with van der Waals surface area (Å²) in [5.41, 5.74) is 4.56. The van der Waals surface area contributed by atoms with Gasteiger partial charge in [0.1, 0.15) is 0 Å². The molecule has 0 heterocycles. The van der Waals surface area contributed by atoms with Crippen molar-refractivity contribution in [1.82, 2.24) is 0 Å². The lowest BCUT2D eigenvalue weighted by Gasteiger charge is -1.94. The van der Waals surface area contributed by atoms with Gasteiger partial charge in [0.15, 0.2) is 5.75 Å². The summed E-state index contributed by atoms with van der Waals surface area (Å²) < 4.78 is 24.5. The Labute approximate surface area is 52.9 Å². The molecule has 0 saturated carbocycles. The van der Waals surface area contributed by atoms with Gasteiger partial charge in [0.25, 0.3) is 10.1 Å². The van der Waals surface area contributed by atoms with E-state index in [9.17, 15) is 13.2 Å². The van der Waals surface area contributed by atoms with Crippen LogP contribution in [0.1, 0.15) is 0 Å². The van der Waals surface area contributed by atoms with Crippen molar-refractivity contribution in [3.05, 3.63) is 0 Å². The molecule has 0 rings (SSSR count). The molecule has 0 aromatic heterocycles. The molecular formula is C3H7NO4S. The molecule has 0 aliphatic carbocycles. The van der Waals surface area contributed by atoms with Crippen molar-refractivity contribution in [2.24, 2.45) is 5.73 Å². The molecule has 9 heavy (non-hydrogen) atoms. The van der Waals surface area contributed by atoms with Crippen LogP contribution in [0.4, 0.5) is 0 Å². The molecule has 54 valence electrons. The predicted octanol–water partition coefficient (Wildman–Crippen LogP) is -1.55. The topological polar surface area (TPSA) is 86.5 Å². The van der Waals surface area contributed by atoms with Gasteiger partial charge in [-0.25, -0.2) is 0 Å². The third kappa shape index (κ3) is 3.92. The quantitative estimate of drug-likeness (QED) is 0.497. The van der Waals surface area contributed by atoms with Gasteiger partial charge in [-0.15, -0.1) is 0 Å². The molecule has 6 heteroatoms. The van der Waals surface area contributed by atoms with Crippen LogP contribution >= 0.6 is 0 Å². The first-order chi connectivity index (χ1) is 3.98. The Morgan fingerprint density at radius 3 is 2.22 bits per heavy atom. The van der Waals surface area contributed by atoms with Crippen LogP contribution in [0.15, 0.2) is 0 Å². The summed E-state index contributed by atoms with van der Waals surface area (Å²) in [5, 5.41) is 0. The molecule has 5 nitrogen and oxygen atoms in total. The summed E-state index contributed by atoms with van der Waals surface area (Å²) in [5.74, 6) is -1.68. The first-order valence-electron chi connectivity index (χ1n) is 2.04. The molecular weight excluding hydrogens is 146 g/mol. The summed E-state index contributed by atoms with van der Waals surface area (Å²) in [6, 6.07) is 0. The highest BCUT2D eigenvalue weighted by atomic mass is 32.2. The zero-order valence-corrected chi connectivity index (χ0v) is 5.64. The smallest absolute Gasteiger partial charge is 0.276 e. The van der Waals surface area contributed by atoms with Gasteiger partial charge in [0.05, 0.1) is 7.11 Å². The van der Waals surface area contributed by atoms with Crippen molar-refractivity contribution >= 4 is 16.0 Å². The van der Waals surface area contributed by atoms with Gasteiger partial charge in [0, 0.05) is 0 Å². The summed E-state index contributed by atoms with van der Waals surface area (Å²) in [4.78, 5) is 9.94. The molecule has 0 aromatic rings. The van der Waals surface area contributed by atoms with E-state index in [1.165, 1.54) is 0 Å². The average molecular weight is 153 g/mol. The zero-order valence-electron chi connectivity index (χ0n) is 4.83. The normalized spacial score (nSPS) is 11.2. The Balaban J connectivity index is 4.06. The highest BCUT2D eigenvalue weighted by Crippen LogP contribution is 1.86. The largest absolute Gasteiger partial charge is 0.369 e. The lowest BCUT2D eigenvalue weighted by molar-refractivity contribution is -0.115. The van der Waals surface area contributed by atoms with Crippen molar-refractivity contribution < 1.29 is 17.4 Å². The van der Waals surface area contributed by atoms with Crippen LogP contribution in [0, 0.1) is 0 Å². The van der Waals surface area contributed by atoms with E-state index in [1.807, 2.05) is 0 Å². The maximum Gasteiger partial charge on any atom is 0.276 e. The van der Waals surface area contributed by atoms with Crippen LogP contribution in [0.3, 0.4) is 0 Å². The Bertz CT molecular complexity index is 194. The van der Waals surface area contributed by atoms with E-state index in [2.05, 4.69) is 9.92 Å². The Morgan fingerprint density at radius 2 is 2.11 bits per heavy atom. The average Bonchev–Trinajstić information content (AvgIpc) is 1.63. The van der Waals surface area contributed by atoms with Crippen LogP contribution < -0.4 is 5.73 Å². The fourth-order valence-electron chi connectivity index (χ4n) is 0.233. The number of nitrogens with two attached hydrogens (primary N) is 1. The number of carbonyl (C=O) groups excluding carboxylic acids is 1. The highest BCUT2D eigenvalue weighted by molar-refractivity contribution is 7.87. The Hall–Kier alpha value is -0.620. The van der Waals surface area contributed by atoms with Gasteiger partial charge >= 0.3 is 0 Å². The Kier molecular flexibility index (Phi) is 2.60. The van der Waals surface area contributed by atoms with Crippen LogP contribution in [0.5, 0.6) is 0 Å². The van der Waals surface area contributed by atoms with Gasteiger partial charge in [-0.2, -0.15) is 8.42 Å². The first kappa shape index (κ1) is 8.38. The molecule has 0 fully saturated rings. The van der Waals surface area contributed by atoms with Crippen LogP contribution in [0.2, 0.25) is 0 Å². The van der Waals surface area contributed by atoms with Crippen molar-refractivity contribution in [3.63, 3.8) is 0 Å². The number of rotatable bonds is 3. The van der Waals surface area contributed by atoms with E-state index >= 15 is 0 Å². The summed E-state index contributed by atoms with van der Waals surface area (Å²) in [6.07, 6.45) is 0. The number of hydrogen-bond acceptors (Lipinski definition) is 4. The number of amides is 1. The zero-order chi connectivity index (χ0) is 7.49. The van der Waals surface area contributed by atoms with E-state index < -0.39 is 21.8 Å². The third-order valence-electron chi connectivity index (χ3n) is 0.573. The van der Waals surface area contributed by atoms with E-state index in [-0.39, 0.29) is 0 Å². The van der Waals surface area contributed by atoms with Crippen LogP contribution in [0.25, 0.3) is 0 Å². The van der Waals surface area contributed by atoms with Gasteiger partial charge < -0.3 is 5.73 Å². The number of primary amides is 1. The molecule has 0 bridgehead atoms. The maximum atomic E-state index is 10.3. The SMILES string of the molecule is COS(=O)(=O)CC(N)=O. The maximum absolute atomic E-state index is 10.3. The molecule has 0 radical (unpaired) electrons. The molecule has 2 N–H and O–H groups in total. The molecule has 0 saturated heterocycles. The summed E-state index contributed by atoms with van der Waals surface area (Å²) in [6.45, 7) is 0. The molecule has 0 aromatic carbocycles. The van der Waals surface area contributed by atoms with Gasteiger partial charge in [-0.05, 0) is 0 Å². The van der Waals surface area contributed by atoms with E-state index in [1.54, 1.807) is 0 Å². The van der Waals surface area contributed by atoms with Crippen molar-refractivity contribution in [1.29, 1.82) is 0 Å². The van der Waals surface area contributed by atoms with Gasteiger partial charge in [0.2, 0.25) is 5.91 Å².